The lowest BCUT2D eigenvalue weighted by Gasteiger charge is -2.43. The van der Waals surface area contributed by atoms with Crippen LogP contribution in [0.15, 0.2) is 18.2 Å². The second-order valence-corrected chi connectivity index (χ2v) is 7.09. The molecule has 2 rings (SSSR count). The predicted octanol–water partition coefficient (Wildman–Crippen LogP) is 4.30. The van der Waals surface area contributed by atoms with Gasteiger partial charge in [0.2, 0.25) is 0 Å². The molecule has 0 amide bonds. The van der Waals surface area contributed by atoms with Gasteiger partial charge in [-0.1, -0.05) is 33.3 Å². The molecular formula is C17H25F2N. The van der Waals surface area contributed by atoms with E-state index in [1.54, 1.807) is 6.07 Å². The van der Waals surface area contributed by atoms with Crippen LogP contribution in [-0.2, 0) is 6.42 Å². The first-order chi connectivity index (χ1) is 9.29. The lowest BCUT2D eigenvalue weighted by Crippen LogP contribution is -2.44. The smallest absolute Gasteiger partial charge is 0.129 e. The molecule has 3 unspecified atom stereocenters. The Morgan fingerprint density at radius 3 is 2.55 bits per heavy atom. The molecule has 0 spiro atoms. The third-order valence-electron chi connectivity index (χ3n) is 4.83. The summed E-state index contributed by atoms with van der Waals surface area (Å²) in [6.45, 7) is 6.54. The zero-order valence-corrected chi connectivity index (χ0v) is 12.6. The van der Waals surface area contributed by atoms with Crippen molar-refractivity contribution in [3.05, 3.63) is 35.4 Å². The van der Waals surface area contributed by atoms with Crippen LogP contribution in [0.4, 0.5) is 8.78 Å². The summed E-state index contributed by atoms with van der Waals surface area (Å²) in [5, 5.41) is 0. The average molecular weight is 281 g/mol. The maximum absolute atomic E-state index is 13.8. The molecule has 1 nitrogen and oxygen atoms in total. The molecule has 0 radical (unpaired) electrons. The first kappa shape index (κ1) is 15.4. The molecule has 3 heteroatoms. The lowest BCUT2D eigenvalue weighted by molar-refractivity contribution is 0.112. The second kappa shape index (κ2) is 5.80. The summed E-state index contributed by atoms with van der Waals surface area (Å²) in [5.41, 5.74) is 6.83. The summed E-state index contributed by atoms with van der Waals surface area (Å²) in [5.74, 6) is 0.103. The van der Waals surface area contributed by atoms with Crippen LogP contribution in [0.5, 0.6) is 0 Å². The molecule has 3 atom stereocenters. The normalized spacial score (nSPS) is 27.6. The molecule has 2 N–H and O–H groups in total. The van der Waals surface area contributed by atoms with Gasteiger partial charge in [-0.15, -0.1) is 0 Å². The van der Waals surface area contributed by atoms with E-state index in [4.69, 9.17) is 5.73 Å². The topological polar surface area (TPSA) is 26.0 Å². The predicted molar refractivity (Wildman–Crippen MR) is 78.3 cm³/mol. The third kappa shape index (κ3) is 3.38. The highest BCUT2D eigenvalue weighted by Gasteiger charge is 2.37. The Kier molecular flexibility index (Phi) is 4.48. The number of hydrogen-bond donors (Lipinski definition) is 1. The van der Waals surface area contributed by atoms with E-state index in [-0.39, 0.29) is 11.5 Å². The van der Waals surface area contributed by atoms with Crippen molar-refractivity contribution in [2.24, 2.45) is 23.0 Å². The minimum atomic E-state index is -0.521. The molecule has 1 aliphatic rings. The fourth-order valence-corrected chi connectivity index (χ4v) is 3.68. The molecule has 0 aliphatic heterocycles. The maximum Gasteiger partial charge on any atom is 0.129 e. The minimum absolute atomic E-state index is 0.0712. The summed E-state index contributed by atoms with van der Waals surface area (Å²) in [4.78, 5) is 0. The van der Waals surface area contributed by atoms with Gasteiger partial charge in [-0.05, 0) is 48.1 Å². The van der Waals surface area contributed by atoms with Crippen molar-refractivity contribution in [2.45, 2.75) is 52.5 Å². The van der Waals surface area contributed by atoms with E-state index in [0.717, 1.165) is 18.9 Å². The average Bonchev–Trinajstić information content (AvgIpc) is 2.32. The lowest BCUT2D eigenvalue weighted by atomic mass is 9.64. The van der Waals surface area contributed by atoms with E-state index >= 15 is 0 Å². The van der Waals surface area contributed by atoms with E-state index in [1.807, 2.05) is 0 Å². The van der Waals surface area contributed by atoms with Crippen LogP contribution in [0.3, 0.4) is 0 Å². The quantitative estimate of drug-likeness (QED) is 0.878. The first-order valence-electron chi connectivity index (χ1n) is 7.49. The van der Waals surface area contributed by atoms with Gasteiger partial charge in [0.25, 0.3) is 0 Å². The van der Waals surface area contributed by atoms with E-state index in [9.17, 15) is 8.78 Å². The Labute approximate surface area is 120 Å². The molecule has 1 aromatic carbocycles. The van der Waals surface area contributed by atoms with Gasteiger partial charge in [0.15, 0.2) is 0 Å². The summed E-state index contributed by atoms with van der Waals surface area (Å²) < 4.78 is 26.8. The van der Waals surface area contributed by atoms with Gasteiger partial charge in [-0.2, -0.15) is 0 Å². The third-order valence-corrected chi connectivity index (χ3v) is 4.83. The van der Waals surface area contributed by atoms with Crippen molar-refractivity contribution in [2.75, 3.05) is 0 Å². The Morgan fingerprint density at radius 1 is 1.25 bits per heavy atom. The van der Waals surface area contributed by atoms with Crippen LogP contribution >= 0.6 is 0 Å². The first-order valence-corrected chi connectivity index (χ1v) is 7.49. The summed E-state index contributed by atoms with van der Waals surface area (Å²) >= 11 is 0. The zero-order chi connectivity index (χ0) is 14.9. The van der Waals surface area contributed by atoms with E-state index in [2.05, 4.69) is 20.8 Å². The van der Waals surface area contributed by atoms with Crippen LogP contribution in [0.2, 0.25) is 0 Å². The van der Waals surface area contributed by atoms with Crippen molar-refractivity contribution < 1.29 is 8.78 Å². The summed E-state index contributed by atoms with van der Waals surface area (Å²) in [6, 6.07) is 4.03. The highest BCUT2D eigenvalue weighted by atomic mass is 19.1. The summed E-state index contributed by atoms with van der Waals surface area (Å²) in [7, 11) is 0. The van der Waals surface area contributed by atoms with E-state index < -0.39 is 11.6 Å². The van der Waals surface area contributed by atoms with Gasteiger partial charge < -0.3 is 5.73 Å². The molecule has 1 aliphatic carbocycles. The molecule has 1 saturated carbocycles. The van der Waals surface area contributed by atoms with Crippen molar-refractivity contribution >= 4 is 0 Å². The zero-order valence-electron chi connectivity index (χ0n) is 12.6. The Hall–Kier alpha value is -0.960. The molecule has 0 saturated heterocycles. The van der Waals surface area contributed by atoms with Crippen LogP contribution in [-0.4, -0.2) is 6.04 Å². The van der Waals surface area contributed by atoms with Gasteiger partial charge in [-0.3, -0.25) is 0 Å². The van der Waals surface area contributed by atoms with Gasteiger partial charge in [0, 0.05) is 12.1 Å². The highest BCUT2D eigenvalue weighted by Crippen LogP contribution is 2.41. The van der Waals surface area contributed by atoms with Crippen LogP contribution in [0.1, 0.15) is 45.6 Å². The monoisotopic (exact) mass is 281 g/mol. The number of benzene rings is 1. The van der Waals surface area contributed by atoms with Gasteiger partial charge >= 0.3 is 0 Å². The standard InChI is InChI=1S/C17H25F2N/c1-11-4-7-14(16(20)8-11)17(2,3)10-12-5-6-13(18)9-15(12)19/h5-6,9,11,14,16H,4,7-8,10,20H2,1-3H3. The number of hydrogen-bond acceptors (Lipinski definition) is 1. The Bertz CT molecular complexity index is 470. The molecule has 112 valence electrons. The number of nitrogens with two attached hydrogens (primary N) is 1. The van der Waals surface area contributed by atoms with Gasteiger partial charge in [0.1, 0.15) is 11.6 Å². The van der Waals surface area contributed by atoms with Crippen LogP contribution in [0.25, 0.3) is 0 Å². The number of rotatable bonds is 3. The van der Waals surface area contributed by atoms with Crippen LogP contribution in [0, 0.1) is 28.9 Å². The van der Waals surface area contributed by atoms with Crippen molar-refractivity contribution in [1.82, 2.24) is 0 Å². The minimum Gasteiger partial charge on any atom is -0.327 e. The molecule has 1 aromatic rings. The largest absolute Gasteiger partial charge is 0.327 e. The fourth-order valence-electron chi connectivity index (χ4n) is 3.68. The van der Waals surface area contributed by atoms with Gasteiger partial charge in [-0.25, -0.2) is 8.78 Å². The SMILES string of the molecule is CC1CCC(C(C)(C)Cc2ccc(F)cc2F)C(N)C1. The van der Waals surface area contributed by atoms with E-state index in [0.29, 0.717) is 23.8 Å². The van der Waals surface area contributed by atoms with Crippen LogP contribution < -0.4 is 5.73 Å². The van der Waals surface area contributed by atoms with Crippen molar-refractivity contribution in [3.8, 4) is 0 Å². The maximum atomic E-state index is 13.8. The molecule has 1 fully saturated rings. The second-order valence-electron chi connectivity index (χ2n) is 7.09. The number of halogens is 2. The molecule has 0 heterocycles. The van der Waals surface area contributed by atoms with E-state index in [1.165, 1.54) is 12.5 Å². The molecule has 0 bridgehead atoms. The van der Waals surface area contributed by atoms with Crippen molar-refractivity contribution in [1.29, 1.82) is 0 Å². The molecule has 20 heavy (non-hydrogen) atoms. The summed E-state index contributed by atoms with van der Waals surface area (Å²) in [6.07, 6.45) is 3.93. The Balaban J connectivity index is 2.14. The molecule has 0 aromatic heterocycles. The van der Waals surface area contributed by atoms with Gasteiger partial charge in [0.05, 0.1) is 0 Å². The fraction of sp³-hybridized carbons (Fsp3) is 0.647. The molecular weight excluding hydrogens is 256 g/mol. The highest BCUT2D eigenvalue weighted by molar-refractivity contribution is 5.20. The Morgan fingerprint density at radius 2 is 1.95 bits per heavy atom. The van der Waals surface area contributed by atoms with Crippen molar-refractivity contribution in [3.63, 3.8) is 0 Å².